The smallest absolute Gasteiger partial charge is 0.407 e. The number of carbonyl (C=O) groups excluding carboxylic acids is 2. The van der Waals surface area contributed by atoms with Gasteiger partial charge in [0.15, 0.2) is 0 Å². The van der Waals surface area contributed by atoms with Gasteiger partial charge in [0, 0.05) is 12.5 Å². The monoisotopic (exact) mass is 482 g/mol. The third-order valence-corrected chi connectivity index (χ3v) is 6.06. The van der Waals surface area contributed by atoms with Gasteiger partial charge in [-0.05, 0) is 40.5 Å². The van der Waals surface area contributed by atoms with Gasteiger partial charge in [0.25, 0.3) is 0 Å². The number of amides is 2. The van der Waals surface area contributed by atoms with Crippen LogP contribution in [-0.2, 0) is 14.3 Å². The molecule has 0 bridgehead atoms. The third-order valence-electron chi connectivity index (χ3n) is 6.06. The van der Waals surface area contributed by atoms with Crippen LogP contribution in [-0.4, -0.2) is 53.5 Å². The summed E-state index contributed by atoms with van der Waals surface area (Å²) in [5.41, 5.74) is 4.37. The van der Waals surface area contributed by atoms with Gasteiger partial charge in [-0.2, -0.15) is 0 Å². The molecule has 0 heterocycles. The van der Waals surface area contributed by atoms with E-state index in [-0.39, 0.29) is 24.5 Å². The Labute approximate surface area is 205 Å². The molecular formula is C27H34N2O6. The predicted molar refractivity (Wildman–Crippen MR) is 132 cm³/mol. The average Bonchev–Trinajstić information content (AvgIpc) is 3.11. The Morgan fingerprint density at radius 2 is 1.57 bits per heavy atom. The van der Waals surface area contributed by atoms with Crippen molar-refractivity contribution in [1.29, 1.82) is 0 Å². The summed E-state index contributed by atoms with van der Waals surface area (Å²) < 4.78 is 5.57. The van der Waals surface area contributed by atoms with Gasteiger partial charge in [-0.25, -0.2) is 4.79 Å². The first-order valence-corrected chi connectivity index (χ1v) is 11.8. The molecule has 1 aliphatic carbocycles. The molecule has 1 aliphatic rings. The summed E-state index contributed by atoms with van der Waals surface area (Å²) in [6.07, 6.45) is -1.37. The van der Waals surface area contributed by atoms with Crippen molar-refractivity contribution >= 4 is 18.0 Å². The molecule has 0 radical (unpaired) electrons. The fourth-order valence-electron chi connectivity index (χ4n) is 4.24. The highest BCUT2D eigenvalue weighted by Crippen LogP contribution is 2.44. The minimum absolute atomic E-state index is 0.0653. The number of fused-ring (bicyclic) bond motifs is 3. The SMILES string of the molecule is CC(C)(C)CCC(NC(=O)OCC1c2ccccc2-c2ccccc21)C(=O)NCC(O)CC(=O)O. The second-order valence-electron chi connectivity index (χ2n) is 10.1. The molecule has 0 aromatic heterocycles. The molecule has 0 fully saturated rings. The predicted octanol–water partition coefficient (Wildman–Crippen LogP) is 3.67. The normalized spacial score (nSPS) is 14.4. The van der Waals surface area contributed by atoms with Crippen molar-refractivity contribution in [3.63, 3.8) is 0 Å². The first-order valence-electron chi connectivity index (χ1n) is 11.8. The van der Waals surface area contributed by atoms with Gasteiger partial charge < -0.3 is 25.6 Å². The Hall–Kier alpha value is -3.39. The van der Waals surface area contributed by atoms with Crippen LogP contribution in [0.3, 0.4) is 0 Å². The molecule has 188 valence electrons. The van der Waals surface area contributed by atoms with E-state index in [0.29, 0.717) is 12.8 Å². The fraction of sp³-hybridized carbons (Fsp3) is 0.444. The summed E-state index contributed by atoms with van der Waals surface area (Å²) in [6.45, 7) is 6.01. The Morgan fingerprint density at radius 3 is 2.11 bits per heavy atom. The van der Waals surface area contributed by atoms with Crippen molar-refractivity contribution in [2.45, 2.75) is 58.1 Å². The first-order chi connectivity index (χ1) is 16.5. The van der Waals surface area contributed by atoms with Crippen LogP contribution in [0.5, 0.6) is 0 Å². The molecule has 2 aromatic carbocycles. The molecule has 0 saturated heterocycles. The molecule has 3 rings (SSSR count). The molecule has 2 amide bonds. The number of hydrogen-bond acceptors (Lipinski definition) is 5. The maximum atomic E-state index is 12.7. The molecule has 8 heteroatoms. The molecule has 8 nitrogen and oxygen atoms in total. The van der Waals surface area contributed by atoms with Crippen LogP contribution in [0.25, 0.3) is 11.1 Å². The lowest BCUT2D eigenvalue weighted by molar-refractivity contribution is -0.139. The second kappa shape index (κ2) is 11.4. The summed E-state index contributed by atoms with van der Waals surface area (Å²) in [7, 11) is 0. The third kappa shape index (κ3) is 7.29. The molecule has 2 atom stereocenters. The Balaban J connectivity index is 1.63. The number of ether oxygens (including phenoxy) is 1. The lowest BCUT2D eigenvalue weighted by Gasteiger charge is -2.24. The van der Waals surface area contributed by atoms with Crippen LogP contribution >= 0.6 is 0 Å². The molecule has 0 spiro atoms. The number of hydrogen-bond donors (Lipinski definition) is 4. The number of carboxylic acids is 1. The topological polar surface area (TPSA) is 125 Å². The van der Waals surface area contributed by atoms with E-state index in [4.69, 9.17) is 9.84 Å². The van der Waals surface area contributed by atoms with Crippen LogP contribution in [0.2, 0.25) is 0 Å². The van der Waals surface area contributed by atoms with Crippen molar-refractivity contribution in [2.24, 2.45) is 5.41 Å². The maximum absolute atomic E-state index is 12.7. The number of benzene rings is 2. The number of alkyl carbamates (subject to hydrolysis) is 1. The molecule has 0 saturated carbocycles. The largest absolute Gasteiger partial charge is 0.481 e. The Morgan fingerprint density at radius 1 is 1.00 bits per heavy atom. The lowest BCUT2D eigenvalue weighted by atomic mass is 9.88. The van der Waals surface area contributed by atoms with Gasteiger partial charge in [0.1, 0.15) is 12.6 Å². The summed E-state index contributed by atoms with van der Waals surface area (Å²) in [5, 5.41) is 23.7. The van der Waals surface area contributed by atoms with Gasteiger partial charge in [0.05, 0.1) is 12.5 Å². The van der Waals surface area contributed by atoms with E-state index in [1.807, 2.05) is 57.2 Å². The van der Waals surface area contributed by atoms with Gasteiger partial charge in [0.2, 0.25) is 5.91 Å². The van der Waals surface area contributed by atoms with E-state index < -0.39 is 36.5 Å². The molecule has 2 unspecified atom stereocenters. The van der Waals surface area contributed by atoms with E-state index >= 15 is 0 Å². The summed E-state index contributed by atoms with van der Waals surface area (Å²) >= 11 is 0. The number of aliphatic carboxylic acids is 1. The highest BCUT2D eigenvalue weighted by molar-refractivity contribution is 5.85. The molecular weight excluding hydrogens is 448 g/mol. The van der Waals surface area contributed by atoms with E-state index in [9.17, 15) is 19.5 Å². The van der Waals surface area contributed by atoms with Crippen molar-refractivity contribution in [1.82, 2.24) is 10.6 Å². The van der Waals surface area contributed by atoms with Crippen LogP contribution in [0.15, 0.2) is 48.5 Å². The summed E-state index contributed by atoms with van der Waals surface area (Å²) in [5.74, 6) is -1.75. The van der Waals surface area contributed by atoms with Crippen LogP contribution in [0.1, 0.15) is 57.1 Å². The first kappa shape index (κ1) is 26.2. The van der Waals surface area contributed by atoms with Crippen LogP contribution in [0, 0.1) is 5.41 Å². The van der Waals surface area contributed by atoms with E-state index in [1.54, 1.807) is 0 Å². The number of rotatable bonds is 10. The number of carbonyl (C=O) groups is 3. The quantitative estimate of drug-likeness (QED) is 0.410. The molecule has 2 aromatic rings. The fourth-order valence-corrected chi connectivity index (χ4v) is 4.24. The number of aliphatic hydroxyl groups excluding tert-OH is 1. The minimum atomic E-state index is -1.21. The van der Waals surface area contributed by atoms with Crippen LogP contribution in [0.4, 0.5) is 4.79 Å². The average molecular weight is 483 g/mol. The number of carboxylic acid groups (broad SMARTS) is 1. The number of nitrogens with one attached hydrogen (secondary N) is 2. The zero-order valence-corrected chi connectivity index (χ0v) is 20.4. The van der Waals surface area contributed by atoms with E-state index in [1.165, 1.54) is 0 Å². The zero-order chi connectivity index (χ0) is 25.6. The van der Waals surface area contributed by atoms with Gasteiger partial charge >= 0.3 is 12.1 Å². The van der Waals surface area contributed by atoms with E-state index in [0.717, 1.165) is 22.3 Å². The Bertz CT molecular complexity index is 1020. The van der Waals surface area contributed by atoms with Gasteiger partial charge in [-0.15, -0.1) is 0 Å². The van der Waals surface area contributed by atoms with Crippen molar-refractivity contribution < 1.29 is 29.3 Å². The highest BCUT2D eigenvalue weighted by Gasteiger charge is 2.30. The lowest BCUT2D eigenvalue weighted by Crippen LogP contribution is -2.49. The van der Waals surface area contributed by atoms with E-state index in [2.05, 4.69) is 22.8 Å². The zero-order valence-electron chi connectivity index (χ0n) is 20.4. The van der Waals surface area contributed by atoms with Crippen molar-refractivity contribution in [3.8, 4) is 11.1 Å². The van der Waals surface area contributed by atoms with Gasteiger partial charge in [-0.3, -0.25) is 9.59 Å². The summed E-state index contributed by atoms with van der Waals surface area (Å²) in [6, 6.07) is 15.2. The van der Waals surface area contributed by atoms with Crippen LogP contribution < -0.4 is 10.6 Å². The number of aliphatic hydroxyl groups is 1. The van der Waals surface area contributed by atoms with Gasteiger partial charge in [-0.1, -0.05) is 69.3 Å². The standard InChI is InChI=1S/C27H34N2O6/c1-27(2,3)13-12-23(25(33)28-15-17(30)14-24(31)32)29-26(34)35-16-22-20-10-6-4-8-18(20)19-9-5-7-11-21(19)22/h4-11,17,22-23,30H,12-16H2,1-3H3,(H,28,33)(H,29,34)(H,31,32). The Kier molecular flexibility index (Phi) is 8.51. The van der Waals surface area contributed by atoms with Crippen molar-refractivity contribution in [2.75, 3.05) is 13.2 Å². The second-order valence-corrected chi connectivity index (χ2v) is 10.1. The molecule has 0 aliphatic heterocycles. The highest BCUT2D eigenvalue weighted by atomic mass is 16.5. The van der Waals surface area contributed by atoms with Crippen molar-refractivity contribution in [3.05, 3.63) is 59.7 Å². The molecule has 4 N–H and O–H groups in total. The summed E-state index contributed by atoms with van der Waals surface area (Å²) in [4.78, 5) is 36.2. The maximum Gasteiger partial charge on any atom is 0.407 e. The minimum Gasteiger partial charge on any atom is -0.481 e. The molecule has 35 heavy (non-hydrogen) atoms.